The zero-order chi connectivity index (χ0) is 5.11. The Morgan fingerprint density at radius 2 is 1.75 bits per heavy atom. The summed E-state index contributed by atoms with van der Waals surface area (Å²) in [6.07, 6.45) is 1.86. The number of ether oxygens (including phenoxy) is 1. The van der Waals surface area contributed by atoms with Gasteiger partial charge in [0, 0.05) is 13.2 Å². The van der Waals surface area contributed by atoms with E-state index in [1.54, 1.807) is 0 Å². The van der Waals surface area contributed by atoms with Crippen LogP contribution in [0.1, 0.15) is 12.8 Å². The maximum absolute atomic E-state index is 7.19. The molecule has 2 nitrogen and oxygen atoms in total. The molecule has 0 aromatic heterocycles. The third kappa shape index (κ3) is 3.56. The summed E-state index contributed by atoms with van der Waals surface area (Å²) in [4.78, 5) is 0. The van der Waals surface area contributed by atoms with Crippen LogP contribution in [0.4, 0.5) is 0 Å². The number of nitrogens with one attached hydrogen (secondary N) is 1. The topological polar surface area (TPSA) is 33.0 Å². The van der Waals surface area contributed by atoms with E-state index in [1.807, 2.05) is 0 Å². The van der Waals surface area contributed by atoms with Crippen LogP contribution in [0.2, 0.25) is 0 Å². The van der Waals surface area contributed by atoms with Crippen molar-refractivity contribution in [1.29, 1.82) is 0 Å². The monoisotopic (exact) mass is 139 g/mol. The van der Waals surface area contributed by atoms with Gasteiger partial charge in [0.05, 0.1) is 0 Å². The van der Waals surface area contributed by atoms with Crippen molar-refractivity contribution in [3.8, 4) is 0 Å². The zero-order valence-corrected chi connectivity index (χ0v) is 8.44. The van der Waals surface area contributed by atoms with Gasteiger partial charge < -0.3 is 10.5 Å². The molecule has 0 atom stereocenters. The van der Waals surface area contributed by atoms with Crippen LogP contribution in [0.5, 0.6) is 0 Å². The van der Waals surface area contributed by atoms with Crippen molar-refractivity contribution in [3.05, 3.63) is 5.73 Å². The molecular weight excluding hydrogens is 129 g/mol. The molecule has 1 heterocycles. The molecule has 0 saturated carbocycles. The summed E-state index contributed by atoms with van der Waals surface area (Å²) in [6, 6.07) is 0.161. The Kier molecular flexibility index (Phi) is 6.39. The summed E-state index contributed by atoms with van der Waals surface area (Å²) in [6.45, 7) is 1.60. The van der Waals surface area contributed by atoms with Crippen molar-refractivity contribution >= 4 is 0 Å². The smallest absolute Gasteiger partial charge is 0.675 e. The van der Waals surface area contributed by atoms with E-state index in [0.29, 0.717) is 0 Å². The largest absolute Gasteiger partial charge is 1.00 e. The Bertz CT molecular complexity index is 54.4. The molecule has 1 saturated heterocycles. The fourth-order valence-corrected chi connectivity index (χ4v) is 0.698. The minimum absolute atomic E-state index is 0. The fourth-order valence-electron chi connectivity index (χ4n) is 0.698. The summed E-state index contributed by atoms with van der Waals surface area (Å²) >= 11 is 0. The number of hydrogen-bond donors (Lipinski definition) is 0. The van der Waals surface area contributed by atoms with E-state index in [1.165, 1.54) is 0 Å². The predicted molar refractivity (Wildman–Crippen MR) is 28.2 cm³/mol. The Morgan fingerprint density at radius 3 is 2.00 bits per heavy atom. The summed E-state index contributed by atoms with van der Waals surface area (Å²) < 4.78 is 5.02. The molecule has 0 aromatic carbocycles. The molecule has 3 heteroatoms. The molecule has 0 amide bonds. The second kappa shape index (κ2) is 5.35. The van der Waals surface area contributed by atoms with Gasteiger partial charge in [0.1, 0.15) is 0 Å². The molecule has 1 N–H and O–H groups in total. The van der Waals surface area contributed by atoms with Gasteiger partial charge in [-0.2, -0.15) is 0 Å². The van der Waals surface area contributed by atoms with Gasteiger partial charge in [-0.05, 0) is 12.8 Å². The van der Waals surface area contributed by atoms with Crippen molar-refractivity contribution in [1.82, 2.24) is 0 Å². The first-order valence-corrected chi connectivity index (χ1v) is 2.68. The van der Waals surface area contributed by atoms with E-state index in [9.17, 15) is 0 Å². The molecule has 1 aliphatic heterocycles. The first-order valence-electron chi connectivity index (χ1n) is 2.68. The Morgan fingerprint density at radius 1 is 1.25 bits per heavy atom. The van der Waals surface area contributed by atoms with Crippen molar-refractivity contribution < 1.29 is 56.1 Å². The first kappa shape index (κ1) is 9.56. The van der Waals surface area contributed by atoms with Crippen LogP contribution in [0.3, 0.4) is 0 Å². The molecule has 0 unspecified atom stereocenters. The zero-order valence-electron chi connectivity index (χ0n) is 5.31. The van der Waals surface area contributed by atoms with E-state index in [4.69, 9.17) is 10.5 Å². The Balaban J connectivity index is 0.000000490. The molecule has 0 radical (unpaired) electrons. The molecule has 0 spiro atoms. The van der Waals surface area contributed by atoms with E-state index >= 15 is 0 Å². The Hall–Kier alpha value is 1.56. The summed E-state index contributed by atoms with van der Waals surface area (Å²) in [5.41, 5.74) is 7.19. The minimum atomic E-state index is 0. The maximum atomic E-state index is 7.19. The maximum Gasteiger partial charge on any atom is 1.00 e. The van der Waals surface area contributed by atoms with Crippen LogP contribution in [0.25, 0.3) is 5.73 Å². The Labute approximate surface area is 92.6 Å². The van der Waals surface area contributed by atoms with Gasteiger partial charge in [0.2, 0.25) is 0 Å². The van der Waals surface area contributed by atoms with Gasteiger partial charge in [-0.25, -0.2) is 0 Å². The van der Waals surface area contributed by atoms with Crippen molar-refractivity contribution in [2.75, 3.05) is 13.2 Å². The summed E-state index contributed by atoms with van der Waals surface area (Å²) in [5, 5.41) is 0. The molecule has 0 aliphatic carbocycles. The average Bonchev–Trinajstić information content (AvgIpc) is 1.69. The van der Waals surface area contributed by atoms with Gasteiger partial charge in [-0.3, -0.25) is 0 Å². The number of rotatable bonds is 0. The predicted octanol–water partition coefficient (Wildman–Crippen LogP) is -1.78. The molecule has 1 aliphatic rings. The van der Waals surface area contributed by atoms with Crippen LogP contribution < -0.4 is 51.4 Å². The second-order valence-electron chi connectivity index (χ2n) is 1.89. The normalized spacial score (nSPS) is 22.1. The minimum Gasteiger partial charge on any atom is -0.675 e. The quantitative estimate of drug-likeness (QED) is 0.365. The van der Waals surface area contributed by atoms with Crippen LogP contribution in [-0.2, 0) is 4.74 Å². The third-order valence-corrected chi connectivity index (χ3v) is 1.22. The van der Waals surface area contributed by atoms with E-state index in [0.717, 1.165) is 26.1 Å². The van der Waals surface area contributed by atoms with Crippen molar-refractivity contribution in [3.63, 3.8) is 0 Å². The number of hydrogen-bond acceptors (Lipinski definition) is 1. The molecule has 42 valence electrons. The SMILES string of the molecule is [K+].[NH-]C1CCOCC1. The second-order valence-corrected chi connectivity index (χ2v) is 1.89. The molecule has 0 bridgehead atoms. The molecule has 1 fully saturated rings. The first-order chi connectivity index (χ1) is 3.39. The van der Waals surface area contributed by atoms with Crippen LogP contribution >= 0.6 is 0 Å². The summed E-state index contributed by atoms with van der Waals surface area (Å²) in [7, 11) is 0. The van der Waals surface area contributed by atoms with E-state index in [2.05, 4.69) is 0 Å². The van der Waals surface area contributed by atoms with Gasteiger partial charge >= 0.3 is 51.4 Å². The van der Waals surface area contributed by atoms with E-state index < -0.39 is 0 Å². The fraction of sp³-hybridized carbons (Fsp3) is 1.00. The van der Waals surface area contributed by atoms with Crippen molar-refractivity contribution in [2.24, 2.45) is 0 Å². The molecule has 1 rings (SSSR count). The van der Waals surface area contributed by atoms with Crippen LogP contribution in [0, 0.1) is 0 Å². The summed E-state index contributed by atoms with van der Waals surface area (Å²) in [5.74, 6) is 0. The van der Waals surface area contributed by atoms with Gasteiger partial charge in [-0.15, -0.1) is 6.04 Å². The van der Waals surface area contributed by atoms with E-state index in [-0.39, 0.29) is 57.4 Å². The van der Waals surface area contributed by atoms with Crippen molar-refractivity contribution in [2.45, 2.75) is 18.9 Å². The van der Waals surface area contributed by atoms with Gasteiger partial charge in [0.25, 0.3) is 0 Å². The average molecular weight is 139 g/mol. The van der Waals surface area contributed by atoms with Gasteiger partial charge in [-0.1, -0.05) is 0 Å². The van der Waals surface area contributed by atoms with Gasteiger partial charge in [0.15, 0.2) is 0 Å². The standard InChI is InChI=1S/C5H10NO.K/c6-5-1-3-7-4-2-5;/h5-6H,1-4H2;/q-1;+1. The molecular formula is C5H10KNO. The van der Waals surface area contributed by atoms with Crippen LogP contribution in [-0.4, -0.2) is 19.3 Å². The van der Waals surface area contributed by atoms with Crippen LogP contribution in [0.15, 0.2) is 0 Å². The molecule has 8 heavy (non-hydrogen) atoms. The third-order valence-electron chi connectivity index (χ3n) is 1.22. The molecule has 0 aromatic rings.